The zero-order valence-corrected chi connectivity index (χ0v) is 28.2. The van der Waals surface area contributed by atoms with Crippen LogP contribution in [0, 0.1) is 0 Å². The minimum Gasteiger partial charge on any atom is -0.454 e. The normalized spacial score (nSPS) is 13.2. The lowest BCUT2D eigenvalue weighted by Gasteiger charge is -2.34. The van der Waals surface area contributed by atoms with Crippen molar-refractivity contribution in [3.63, 3.8) is 0 Å². The van der Waals surface area contributed by atoms with Gasteiger partial charge in [-0.25, -0.2) is 0 Å². The third kappa shape index (κ3) is 3.91. The fourth-order valence-corrected chi connectivity index (χ4v) is 8.87. The molecule has 0 unspecified atom stereocenters. The lowest BCUT2D eigenvalue weighted by Crippen LogP contribution is -2.28. The van der Waals surface area contributed by atoms with Gasteiger partial charge in [0.15, 0.2) is 11.2 Å². The molecule has 0 bridgehead atoms. The van der Waals surface area contributed by atoms with Gasteiger partial charge in [0.05, 0.1) is 22.5 Å². The summed E-state index contributed by atoms with van der Waals surface area (Å²) in [6.45, 7) is 0. The molecule has 0 aliphatic heterocycles. The van der Waals surface area contributed by atoms with Gasteiger partial charge in [0.2, 0.25) is 0 Å². The minimum absolute atomic E-state index is 0.535. The Balaban J connectivity index is 1.29. The van der Waals surface area contributed by atoms with Gasteiger partial charge in [-0.15, -0.1) is 0 Å². The van der Waals surface area contributed by atoms with Gasteiger partial charge in [0, 0.05) is 27.1 Å². The summed E-state index contributed by atoms with van der Waals surface area (Å²) in [6.07, 6.45) is 0. The van der Waals surface area contributed by atoms with Crippen LogP contribution in [0.5, 0.6) is 0 Å². The first-order valence-electron chi connectivity index (χ1n) is 17.8. The van der Waals surface area contributed by atoms with Crippen molar-refractivity contribution in [2.75, 3.05) is 4.90 Å². The molecule has 244 valence electrons. The van der Waals surface area contributed by atoms with E-state index in [4.69, 9.17) is 8.83 Å². The molecule has 0 fully saturated rings. The Hall–Kier alpha value is -6.84. The van der Waals surface area contributed by atoms with Gasteiger partial charge in [0.25, 0.3) is 0 Å². The Kier molecular flexibility index (Phi) is 6.17. The number of nitrogens with zero attached hydrogens (tertiary/aromatic N) is 1. The molecule has 0 N–H and O–H groups in total. The topological polar surface area (TPSA) is 29.5 Å². The van der Waals surface area contributed by atoms with Gasteiger partial charge in [-0.3, -0.25) is 0 Å². The van der Waals surface area contributed by atoms with E-state index in [2.05, 4.69) is 169 Å². The fraction of sp³-hybridized carbons (Fsp3) is 0.0204. The van der Waals surface area contributed by atoms with Gasteiger partial charge in [0.1, 0.15) is 11.2 Å². The molecule has 0 amide bonds. The van der Waals surface area contributed by atoms with Crippen LogP contribution >= 0.6 is 0 Å². The van der Waals surface area contributed by atoms with E-state index < -0.39 is 5.41 Å². The van der Waals surface area contributed by atoms with Crippen LogP contribution in [0.1, 0.15) is 22.3 Å². The van der Waals surface area contributed by atoms with E-state index in [1.807, 2.05) is 24.3 Å². The SMILES string of the molecule is c1ccc(C2(c3ccccc3)c3ccccc3-c3c(N(c4cccc5c4oc4ccccc45)c4cccc5c4oc4ccccc45)cccc32)cc1. The van der Waals surface area contributed by atoms with Gasteiger partial charge >= 0.3 is 0 Å². The lowest BCUT2D eigenvalue weighted by molar-refractivity contribution is 0.666. The maximum atomic E-state index is 6.77. The summed E-state index contributed by atoms with van der Waals surface area (Å²) >= 11 is 0. The third-order valence-electron chi connectivity index (χ3n) is 11.0. The lowest BCUT2D eigenvalue weighted by atomic mass is 9.68. The highest BCUT2D eigenvalue weighted by Crippen LogP contribution is 2.60. The van der Waals surface area contributed by atoms with Crippen LogP contribution in [-0.4, -0.2) is 0 Å². The number of fused-ring (bicyclic) bond motifs is 9. The molecule has 8 aromatic carbocycles. The summed E-state index contributed by atoms with van der Waals surface area (Å²) < 4.78 is 13.5. The molecule has 2 heterocycles. The van der Waals surface area contributed by atoms with Crippen LogP contribution in [0.15, 0.2) is 197 Å². The summed E-state index contributed by atoms with van der Waals surface area (Å²) in [7, 11) is 0. The van der Waals surface area contributed by atoms with Crippen LogP contribution < -0.4 is 4.90 Å². The van der Waals surface area contributed by atoms with Crippen molar-refractivity contribution in [2.45, 2.75) is 5.41 Å². The van der Waals surface area contributed by atoms with E-state index in [-0.39, 0.29) is 0 Å². The van der Waals surface area contributed by atoms with Crippen LogP contribution in [0.2, 0.25) is 0 Å². The highest BCUT2D eigenvalue weighted by atomic mass is 16.3. The van der Waals surface area contributed by atoms with E-state index in [9.17, 15) is 0 Å². The van der Waals surface area contributed by atoms with Crippen LogP contribution in [-0.2, 0) is 5.41 Å². The maximum Gasteiger partial charge on any atom is 0.159 e. The van der Waals surface area contributed by atoms with Crippen LogP contribution in [0.25, 0.3) is 55.0 Å². The number of hydrogen-bond donors (Lipinski definition) is 0. The molecule has 2 aromatic heterocycles. The number of furan rings is 2. The largest absolute Gasteiger partial charge is 0.454 e. The van der Waals surface area contributed by atoms with Crippen molar-refractivity contribution in [3.8, 4) is 11.1 Å². The summed E-state index contributed by atoms with van der Waals surface area (Å²) in [6, 6.07) is 67.2. The summed E-state index contributed by atoms with van der Waals surface area (Å²) in [4.78, 5) is 2.37. The van der Waals surface area contributed by atoms with Crippen molar-refractivity contribution in [1.82, 2.24) is 0 Å². The van der Waals surface area contributed by atoms with Crippen molar-refractivity contribution in [1.29, 1.82) is 0 Å². The standard InChI is InChI=1S/C49H31NO2/c1-3-16-32(17-4-1)49(33-18-5-2-6-19-33)39-25-10-7-22-38(39)46-40(49)26-15-27-41(46)50(42-28-13-23-36-34-20-8-11-30-44(34)51-47(36)42)43-29-14-24-37-35-21-9-12-31-45(35)52-48(37)43/h1-31H. The molecule has 10 aromatic rings. The Bertz CT molecular complexity index is 2820. The Labute approximate surface area is 300 Å². The molecular weight excluding hydrogens is 635 g/mol. The van der Waals surface area contributed by atoms with E-state index in [0.717, 1.165) is 60.9 Å². The third-order valence-corrected chi connectivity index (χ3v) is 11.0. The Morgan fingerprint density at radius 1 is 0.346 bits per heavy atom. The average molecular weight is 666 g/mol. The van der Waals surface area contributed by atoms with Crippen molar-refractivity contribution < 1.29 is 8.83 Å². The zero-order valence-electron chi connectivity index (χ0n) is 28.2. The highest BCUT2D eigenvalue weighted by Gasteiger charge is 2.47. The quantitative estimate of drug-likeness (QED) is 0.183. The second-order valence-electron chi connectivity index (χ2n) is 13.6. The van der Waals surface area contributed by atoms with Gasteiger partial charge in [-0.05, 0) is 58.1 Å². The van der Waals surface area contributed by atoms with Crippen LogP contribution in [0.3, 0.4) is 0 Å². The van der Waals surface area contributed by atoms with E-state index in [1.54, 1.807) is 0 Å². The van der Waals surface area contributed by atoms with E-state index >= 15 is 0 Å². The van der Waals surface area contributed by atoms with Crippen molar-refractivity contribution in [2.24, 2.45) is 0 Å². The molecule has 3 nitrogen and oxygen atoms in total. The Morgan fingerprint density at radius 3 is 1.38 bits per heavy atom. The van der Waals surface area contributed by atoms with Gasteiger partial charge < -0.3 is 13.7 Å². The first kappa shape index (κ1) is 28.9. The number of benzene rings is 8. The van der Waals surface area contributed by atoms with Gasteiger partial charge in [-0.2, -0.15) is 0 Å². The van der Waals surface area contributed by atoms with E-state index in [1.165, 1.54) is 33.4 Å². The second kappa shape index (κ2) is 11.1. The average Bonchev–Trinajstić information content (AvgIpc) is 3.88. The fourth-order valence-electron chi connectivity index (χ4n) is 8.87. The van der Waals surface area contributed by atoms with Crippen molar-refractivity contribution >= 4 is 60.9 Å². The molecule has 1 aliphatic rings. The second-order valence-corrected chi connectivity index (χ2v) is 13.6. The molecule has 0 spiro atoms. The highest BCUT2D eigenvalue weighted by molar-refractivity contribution is 6.15. The summed E-state index contributed by atoms with van der Waals surface area (Å²) in [5, 5.41) is 4.34. The molecule has 0 saturated carbocycles. The summed E-state index contributed by atoms with van der Waals surface area (Å²) in [5.74, 6) is 0. The molecule has 52 heavy (non-hydrogen) atoms. The molecule has 0 atom stereocenters. The van der Waals surface area contributed by atoms with Crippen molar-refractivity contribution in [3.05, 3.63) is 210 Å². The predicted octanol–water partition coefficient (Wildman–Crippen LogP) is 13.3. The first-order chi connectivity index (χ1) is 25.8. The molecule has 1 aliphatic carbocycles. The molecular formula is C49H31NO2. The molecule has 0 saturated heterocycles. The maximum absolute atomic E-state index is 6.77. The predicted molar refractivity (Wildman–Crippen MR) is 213 cm³/mol. The minimum atomic E-state index is -0.535. The van der Waals surface area contributed by atoms with E-state index in [0.29, 0.717) is 0 Å². The number of hydrogen-bond acceptors (Lipinski definition) is 3. The summed E-state index contributed by atoms with van der Waals surface area (Å²) in [5.41, 5.74) is 13.2. The zero-order chi connectivity index (χ0) is 34.2. The molecule has 0 radical (unpaired) electrons. The van der Waals surface area contributed by atoms with Gasteiger partial charge in [-0.1, -0.05) is 158 Å². The first-order valence-corrected chi connectivity index (χ1v) is 17.8. The number of anilines is 3. The van der Waals surface area contributed by atoms with Crippen LogP contribution in [0.4, 0.5) is 17.1 Å². The monoisotopic (exact) mass is 665 g/mol. The number of rotatable bonds is 5. The Morgan fingerprint density at radius 2 is 0.788 bits per heavy atom. The smallest absolute Gasteiger partial charge is 0.159 e. The molecule has 3 heteroatoms. The number of para-hydroxylation sites is 4. The molecule has 11 rings (SSSR count).